The first kappa shape index (κ1) is 14.3. The van der Waals surface area contributed by atoms with Crippen LogP contribution in [0.5, 0.6) is 0 Å². The molecule has 6 heteroatoms. The highest BCUT2D eigenvalue weighted by Gasteiger charge is 2.55. The van der Waals surface area contributed by atoms with Crippen molar-refractivity contribution in [3.63, 3.8) is 0 Å². The molecule has 0 radical (unpaired) electrons. The smallest absolute Gasteiger partial charge is 0.416 e. The summed E-state index contributed by atoms with van der Waals surface area (Å²) in [5.41, 5.74) is 2.06. The van der Waals surface area contributed by atoms with Crippen LogP contribution in [0.15, 0.2) is 0 Å². The second-order valence-electron chi connectivity index (χ2n) is 4.99. The number of ether oxygens (including phenoxy) is 1. The molecule has 0 heterocycles. The van der Waals surface area contributed by atoms with E-state index in [9.17, 15) is 18.0 Å². The van der Waals surface area contributed by atoms with Crippen molar-refractivity contribution in [1.29, 1.82) is 0 Å². The molecule has 1 aliphatic rings. The first-order valence-electron chi connectivity index (χ1n) is 5.71. The van der Waals surface area contributed by atoms with Crippen LogP contribution < -0.4 is 5.73 Å². The molecule has 0 saturated heterocycles. The van der Waals surface area contributed by atoms with Crippen LogP contribution in [0, 0.1) is 5.92 Å². The minimum Gasteiger partial charge on any atom is -0.461 e. The quantitative estimate of drug-likeness (QED) is 0.769. The van der Waals surface area contributed by atoms with Crippen LogP contribution in [0.2, 0.25) is 0 Å². The standard InChI is InChI=1S/C11H18F3NO2/c1-7-3-5-8(6-4-7)17-9(16)10(2,15)11(12,13)14/h7-8H,3-6,15H2,1-2H3. The van der Waals surface area contributed by atoms with Crippen LogP contribution in [-0.2, 0) is 9.53 Å². The van der Waals surface area contributed by atoms with Gasteiger partial charge in [0.15, 0.2) is 0 Å². The van der Waals surface area contributed by atoms with Gasteiger partial charge in [-0.25, -0.2) is 4.79 Å². The predicted molar refractivity (Wildman–Crippen MR) is 56.2 cm³/mol. The largest absolute Gasteiger partial charge is 0.461 e. The Labute approximate surface area is 98.5 Å². The van der Waals surface area contributed by atoms with E-state index in [1.807, 2.05) is 0 Å². The van der Waals surface area contributed by atoms with Gasteiger partial charge in [0.2, 0.25) is 5.54 Å². The fourth-order valence-corrected chi connectivity index (χ4v) is 1.74. The van der Waals surface area contributed by atoms with Crippen LogP contribution in [0.1, 0.15) is 39.5 Å². The van der Waals surface area contributed by atoms with Gasteiger partial charge in [-0.3, -0.25) is 0 Å². The molecular weight excluding hydrogens is 235 g/mol. The van der Waals surface area contributed by atoms with Gasteiger partial charge < -0.3 is 10.5 Å². The topological polar surface area (TPSA) is 52.3 Å². The van der Waals surface area contributed by atoms with Crippen molar-refractivity contribution in [2.45, 2.75) is 57.3 Å². The highest BCUT2D eigenvalue weighted by Crippen LogP contribution is 2.31. The summed E-state index contributed by atoms with van der Waals surface area (Å²) in [6.45, 7) is 2.71. The van der Waals surface area contributed by atoms with E-state index >= 15 is 0 Å². The Bertz CT molecular complexity index is 281. The average molecular weight is 253 g/mol. The van der Waals surface area contributed by atoms with Crippen LogP contribution in [-0.4, -0.2) is 23.8 Å². The molecule has 0 aliphatic heterocycles. The first-order valence-corrected chi connectivity index (χ1v) is 5.71. The lowest BCUT2D eigenvalue weighted by Crippen LogP contribution is -2.58. The predicted octanol–water partition coefficient (Wildman–Crippen LogP) is 2.39. The Morgan fingerprint density at radius 1 is 1.24 bits per heavy atom. The van der Waals surface area contributed by atoms with Crippen molar-refractivity contribution in [1.82, 2.24) is 0 Å². The molecule has 1 rings (SSSR count). The normalized spacial score (nSPS) is 29.5. The fraction of sp³-hybridized carbons (Fsp3) is 0.909. The molecule has 1 unspecified atom stereocenters. The van der Waals surface area contributed by atoms with E-state index in [1.54, 1.807) is 0 Å². The first-order chi connectivity index (χ1) is 7.64. The van der Waals surface area contributed by atoms with Gasteiger partial charge in [-0.05, 0) is 38.5 Å². The van der Waals surface area contributed by atoms with Crippen molar-refractivity contribution in [2.75, 3.05) is 0 Å². The third kappa shape index (κ3) is 3.34. The molecule has 1 fully saturated rings. The maximum absolute atomic E-state index is 12.5. The number of hydrogen-bond acceptors (Lipinski definition) is 3. The van der Waals surface area contributed by atoms with Gasteiger partial charge in [-0.1, -0.05) is 6.92 Å². The Kier molecular flexibility index (Phi) is 4.06. The maximum Gasteiger partial charge on any atom is 0.416 e. The zero-order chi connectivity index (χ0) is 13.3. The second kappa shape index (κ2) is 4.84. The number of nitrogens with two attached hydrogens (primary N) is 1. The summed E-state index contributed by atoms with van der Waals surface area (Å²) < 4.78 is 42.3. The molecule has 1 atom stereocenters. The van der Waals surface area contributed by atoms with Crippen LogP contribution >= 0.6 is 0 Å². The Balaban J connectivity index is 2.55. The number of hydrogen-bond donors (Lipinski definition) is 1. The van der Waals surface area contributed by atoms with Crippen molar-refractivity contribution in [3.05, 3.63) is 0 Å². The Hall–Kier alpha value is -0.780. The molecule has 0 amide bonds. The van der Waals surface area contributed by atoms with Crippen molar-refractivity contribution >= 4 is 5.97 Å². The van der Waals surface area contributed by atoms with E-state index in [2.05, 4.69) is 6.92 Å². The summed E-state index contributed by atoms with van der Waals surface area (Å²) in [6, 6.07) is 0. The van der Waals surface area contributed by atoms with Crippen molar-refractivity contribution in [2.24, 2.45) is 11.7 Å². The Morgan fingerprint density at radius 3 is 2.12 bits per heavy atom. The molecule has 1 saturated carbocycles. The molecule has 0 aromatic heterocycles. The molecule has 0 aromatic rings. The van der Waals surface area contributed by atoms with Crippen LogP contribution in [0.4, 0.5) is 13.2 Å². The zero-order valence-electron chi connectivity index (χ0n) is 10.0. The third-order valence-electron chi connectivity index (χ3n) is 3.25. The van der Waals surface area contributed by atoms with E-state index in [1.165, 1.54) is 0 Å². The van der Waals surface area contributed by atoms with Gasteiger partial charge in [-0.15, -0.1) is 0 Å². The second-order valence-corrected chi connectivity index (χ2v) is 4.99. The number of esters is 1. The fourth-order valence-electron chi connectivity index (χ4n) is 1.74. The van der Waals surface area contributed by atoms with Gasteiger partial charge in [0, 0.05) is 0 Å². The molecular formula is C11H18F3NO2. The van der Waals surface area contributed by atoms with Gasteiger partial charge in [0.1, 0.15) is 6.10 Å². The summed E-state index contributed by atoms with van der Waals surface area (Å²) in [7, 11) is 0. The van der Waals surface area contributed by atoms with Crippen molar-refractivity contribution in [3.8, 4) is 0 Å². The molecule has 2 N–H and O–H groups in total. The highest BCUT2D eigenvalue weighted by atomic mass is 19.4. The summed E-state index contributed by atoms with van der Waals surface area (Å²) in [6.07, 6.45) is -2.26. The molecule has 0 bridgehead atoms. The molecule has 1 aliphatic carbocycles. The zero-order valence-corrected chi connectivity index (χ0v) is 10.0. The lowest BCUT2D eigenvalue weighted by Gasteiger charge is -2.30. The minimum atomic E-state index is -4.79. The summed E-state index contributed by atoms with van der Waals surface area (Å²) >= 11 is 0. The van der Waals surface area contributed by atoms with Crippen LogP contribution in [0.25, 0.3) is 0 Å². The SMILES string of the molecule is CC1CCC(OC(=O)C(C)(N)C(F)(F)F)CC1. The lowest BCUT2D eigenvalue weighted by molar-refractivity contribution is -0.206. The summed E-state index contributed by atoms with van der Waals surface area (Å²) in [5, 5.41) is 0. The maximum atomic E-state index is 12.5. The average Bonchev–Trinajstić information content (AvgIpc) is 2.19. The molecule has 17 heavy (non-hydrogen) atoms. The number of alkyl halides is 3. The molecule has 3 nitrogen and oxygen atoms in total. The number of halogens is 3. The summed E-state index contributed by atoms with van der Waals surface area (Å²) in [4.78, 5) is 11.4. The van der Waals surface area contributed by atoms with Gasteiger partial charge in [0.05, 0.1) is 0 Å². The molecule has 100 valence electrons. The summed E-state index contributed by atoms with van der Waals surface area (Å²) in [5.74, 6) is -0.846. The van der Waals surface area contributed by atoms with E-state index in [0.717, 1.165) is 12.8 Å². The minimum absolute atomic E-state index is 0.427. The van der Waals surface area contributed by atoms with Crippen LogP contribution in [0.3, 0.4) is 0 Å². The number of carbonyl (C=O) groups is 1. The van der Waals surface area contributed by atoms with Gasteiger partial charge in [-0.2, -0.15) is 13.2 Å². The van der Waals surface area contributed by atoms with E-state index in [-0.39, 0.29) is 0 Å². The Morgan fingerprint density at radius 2 is 1.71 bits per heavy atom. The van der Waals surface area contributed by atoms with Crippen molar-refractivity contribution < 1.29 is 22.7 Å². The van der Waals surface area contributed by atoms with E-state index in [4.69, 9.17) is 10.5 Å². The lowest BCUT2D eigenvalue weighted by atomic mass is 9.89. The van der Waals surface area contributed by atoms with E-state index < -0.39 is 23.8 Å². The van der Waals surface area contributed by atoms with E-state index in [0.29, 0.717) is 25.7 Å². The number of carbonyl (C=O) groups excluding carboxylic acids is 1. The van der Waals surface area contributed by atoms with Gasteiger partial charge >= 0.3 is 12.1 Å². The third-order valence-corrected chi connectivity index (χ3v) is 3.25. The molecule has 0 spiro atoms. The number of rotatable bonds is 2. The highest BCUT2D eigenvalue weighted by molar-refractivity contribution is 5.81. The monoisotopic (exact) mass is 253 g/mol. The van der Waals surface area contributed by atoms with Gasteiger partial charge in [0.25, 0.3) is 0 Å². The molecule has 0 aromatic carbocycles.